The number of aromatic nitrogens is 2. The Kier molecular flexibility index (Phi) is 4.12. The Morgan fingerprint density at radius 3 is 2.63 bits per heavy atom. The molecule has 1 N–H and O–H groups in total. The average Bonchev–Trinajstić information content (AvgIpc) is 2.41. The molecule has 1 aromatic carbocycles. The SMILES string of the molecule is CNC(Cn1nc(C)ccc1=O)c1ccccc1C. The smallest absolute Gasteiger partial charge is 0.266 e. The van der Waals surface area contributed by atoms with Crippen LogP contribution in [0.15, 0.2) is 41.2 Å². The summed E-state index contributed by atoms with van der Waals surface area (Å²) in [5, 5.41) is 7.53. The lowest BCUT2D eigenvalue weighted by Gasteiger charge is -2.19. The predicted octanol–water partition coefficient (Wildman–Crippen LogP) is 1.82. The van der Waals surface area contributed by atoms with Gasteiger partial charge in [-0.05, 0) is 38.1 Å². The van der Waals surface area contributed by atoms with Crippen LogP contribution in [0, 0.1) is 13.8 Å². The molecule has 0 saturated heterocycles. The second kappa shape index (κ2) is 5.80. The average molecular weight is 257 g/mol. The second-order valence-corrected chi connectivity index (χ2v) is 4.69. The highest BCUT2D eigenvalue weighted by atomic mass is 16.1. The molecule has 0 aliphatic carbocycles. The Morgan fingerprint density at radius 2 is 1.95 bits per heavy atom. The molecular weight excluding hydrogens is 238 g/mol. The van der Waals surface area contributed by atoms with Crippen LogP contribution in [0.5, 0.6) is 0 Å². The molecule has 0 saturated carbocycles. The number of rotatable bonds is 4. The molecule has 0 spiro atoms. The zero-order valence-corrected chi connectivity index (χ0v) is 11.6. The van der Waals surface area contributed by atoms with E-state index >= 15 is 0 Å². The highest BCUT2D eigenvalue weighted by molar-refractivity contribution is 5.28. The van der Waals surface area contributed by atoms with Crippen LogP contribution in [0.25, 0.3) is 0 Å². The van der Waals surface area contributed by atoms with Gasteiger partial charge >= 0.3 is 0 Å². The van der Waals surface area contributed by atoms with Crippen molar-refractivity contribution in [1.82, 2.24) is 15.1 Å². The first-order valence-electron chi connectivity index (χ1n) is 6.39. The lowest BCUT2D eigenvalue weighted by molar-refractivity contribution is 0.448. The maximum Gasteiger partial charge on any atom is 0.266 e. The van der Waals surface area contributed by atoms with Crippen LogP contribution < -0.4 is 10.9 Å². The van der Waals surface area contributed by atoms with Gasteiger partial charge in [0.1, 0.15) is 0 Å². The number of hydrogen-bond acceptors (Lipinski definition) is 3. The summed E-state index contributed by atoms with van der Waals surface area (Å²) in [6.45, 7) is 4.49. The van der Waals surface area contributed by atoms with Crippen LogP contribution in [-0.4, -0.2) is 16.8 Å². The number of nitrogens with one attached hydrogen (secondary N) is 1. The van der Waals surface area contributed by atoms with Crippen LogP contribution in [0.4, 0.5) is 0 Å². The van der Waals surface area contributed by atoms with E-state index in [1.165, 1.54) is 15.8 Å². The van der Waals surface area contributed by atoms with E-state index in [0.717, 1.165) is 5.69 Å². The molecule has 4 nitrogen and oxygen atoms in total. The summed E-state index contributed by atoms with van der Waals surface area (Å²) in [5.74, 6) is 0. The van der Waals surface area contributed by atoms with E-state index in [1.54, 1.807) is 12.1 Å². The van der Waals surface area contributed by atoms with E-state index < -0.39 is 0 Å². The normalized spacial score (nSPS) is 12.4. The van der Waals surface area contributed by atoms with Crippen LogP contribution >= 0.6 is 0 Å². The molecule has 2 rings (SSSR count). The van der Waals surface area contributed by atoms with Gasteiger partial charge in [-0.15, -0.1) is 0 Å². The Hall–Kier alpha value is -1.94. The fraction of sp³-hybridized carbons (Fsp3) is 0.333. The van der Waals surface area contributed by atoms with Gasteiger partial charge in [-0.2, -0.15) is 5.10 Å². The summed E-state index contributed by atoms with van der Waals surface area (Å²) in [4.78, 5) is 11.8. The third kappa shape index (κ3) is 3.09. The molecule has 0 aliphatic rings. The van der Waals surface area contributed by atoms with Gasteiger partial charge in [-0.3, -0.25) is 4.79 Å². The monoisotopic (exact) mass is 257 g/mol. The molecule has 19 heavy (non-hydrogen) atoms. The van der Waals surface area contributed by atoms with Gasteiger partial charge in [0.05, 0.1) is 18.3 Å². The van der Waals surface area contributed by atoms with Crippen LogP contribution in [-0.2, 0) is 6.54 Å². The molecule has 1 atom stereocenters. The minimum Gasteiger partial charge on any atom is -0.311 e. The van der Waals surface area contributed by atoms with Crippen molar-refractivity contribution in [2.45, 2.75) is 26.4 Å². The summed E-state index contributed by atoms with van der Waals surface area (Å²) in [6, 6.07) is 11.6. The summed E-state index contributed by atoms with van der Waals surface area (Å²) in [6.07, 6.45) is 0. The van der Waals surface area contributed by atoms with Gasteiger partial charge in [0.15, 0.2) is 0 Å². The van der Waals surface area contributed by atoms with Crippen LogP contribution in [0.2, 0.25) is 0 Å². The van der Waals surface area contributed by atoms with Crippen molar-refractivity contribution in [1.29, 1.82) is 0 Å². The fourth-order valence-electron chi connectivity index (χ4n) is 2.18. The van der Waals surface area contributed by atoms with Gasteiger partial charge in [0, 0.05) is 6.07 Å². The van der Waals surface area contributed by atoms with Crippen molar-refractivity contribution in [2.75, 3.05) is 7.05 Å². The first kappa shape index (κ1) is 13.5. The van der Waals surface area contributed by atoms with Crippen molar-refractivity contribution in [3.63, 3.8) is 0 Å². The lowest BCUT2D eigenvalue weighted by atomic mass is 10.0. The van der Waals surface area contributed by atoms with E-state index in [1.807, 2.05) is 26.1 Å². The van der Waals surface area contributed by atoms with E-state index in [2.05, 4.69) is 29.5 Å². The van der Waals surface area contributed by atoms with Gasteiger partial charge in [0.25, 0.3) is 5.56 Å². The number of hydrogen-bond donors (Lipinski definition) is 1. The zero-order valence-electron chi connectivity index (χ0n) is 11.6. The summed E-state index contributed by atoms with van der Waals surface area (Å²) < 4.78 is 1.52. The van der Waals surface area contributed by atoms with E-state index in [-0.39, 0.29) is 11.6 Å². The second-order valence-electron chi connectivity index (χ2n) is 4.69. The number of nitrogens with zero attached hydrogens (tertiary/aromatic N) is 2. The minimum absolute atomic E-state index is 0.0700. The topological polar surface area (TPSA) is 46.9 Å². The van der Waals surface area contributed by atoms with Crippen molar-refractivity contribution in [3.8, 4) is 0 Å². The van der Waals surface area contributed by atoms with Crippen molar-refractivity contribution >= 4 is 0 Å². The van der Waals surface area contributed by atoms with Crippen molar-refractivity contribution < 1.29 is 0 Å². The molecule has 1 heterocycles. The first-order valence-corrected chi connectivity index (χ1v) is 6.39. The number of benzene rings is 1. The maximum absolute atomic E-state index is 11.8. The number of likely N-dealkylation sites (N-methyl/N-ethyl adjacent to an activating group) is 1. The molecule has 0 fully saturated rings. The molecule has 1 aromatic heterocycles. The standard InChI is InChI=1S/C15H19N3O/c1-11-6-4-5-7-13(11)14(16-3)10-18-15(19)9-8-12(2)17-18/h4-9,14,16H,10H2,1-3H3. The molecule has 1 unspecified atom stereocenters. The molecular formula is C15H19N3O. The highest BCUT2D eigenvalue weighted by Gasteiger charge is 2.13. The first-order chi connectivity index (χ1) is 9.11. The van der Waals surface area contributed by atoms with Crippen LogP contribution in [0.3, 0.4) is 0 Å². The number of aryl methyl sites for hydroxylation is 2. The van der Waals surface area contributed by atoms with Crippen molar-refractivity contribution in [2.24, 2.45) is 0 Å². The molecule has 0 amide bonds. The lowest BCUT2D eigenvalue weighted by Crippen LogP contribution is -2.30. The van der Waals surface area contributed by atoms with Crippen LogP contribution in [0.1, 0.15) is 22.9 Å². The van der Waals surface area contributed by atoms with Gasteiger partial charge in [0.2, 0.25) is 0 Å². The molecule has 4 heteroatoms. The minimum atomic E-state index is -0.0700. The Balaban J connectivity index is 2.32. The Labute approximate surface area is 113 Å². The Bertz CT molecular complexity index is 619. The highest BCUT2D eigenvalue weighted by Crippen LogP contribution is 2.17. The molecule has 0 bridgehead atoms. The fourth-order valence-corrected chi connectivity index (χ4v) is 2.18. The zero-order chi connectivity index (χ0) is 13.8. The largest absolute Gasteiger partial charge is 0.311 e. The Morgan fingerprint density at radius 1 is 1.21 bits per heavy atom. The predicted molar refractivity (Wildman–Crippen MR) is 76.2 cm³/mol. The quantitative estimate of drug-likeness (QED) is 0.909. The summed E-state index contributed by atoms with van der Waals surface area (Å²) >= 11 is 0. The van der Waals surface area contributed by atoms with E-state index in [4.69, 9.17) is 0 Å². The van der Waals surface area contributed by atoms with E-state index in [0.29, 0.717) is 6.54 Å². The summed E-state index contributed by atoms with van der Waals surface area (Å²) in [7, 11) is 1.90. The third-order valence-electron chi connectivity index (χ3n) is 3.27. The molecule has 2 aromatic rings. The van der Waals surface area contributed by atoms with E-state index in [9.17, 15) is 4.79 Å². The van der Waals surface area contributed by atoms with Gasteiger partial charge < -0.3 is 5.32 Å². The molecule has 0 aliphatic heterocycles. The maximum atomic E-state index is 11.8. The molecule has 100 valence electrons. The molecule has 0 radical (unpaired) electrons. The van der Waals surface area contributed by atoms with Crippen molar-refractivity contribution in [3.05, 3.63) is 63.6 Å². The van der Waals surface area contributed by atoms with Gasteiger partial charge in [-0.1, -0.05) is 24.3 Å². The van der Waals surface area contributed by atoms with Gasteiger partial charge in [-0.25, -0.2) is 4.68 Å². The summed E-state index contributed by atoms with van der Waals surface area (Å²) in [5.41, 5.74) is 3.18. The third-order valence-corrected chi connectivity index (χ3v) is 3.27.